The molecule has 3 nitrogen and oxygen atoms in total. The van der Waals surface area contributed by atoms with E-state index < -0.39 is 5.37 Å². The molecule has 0 bridgehead atoms. The van der Waals surface area contributed by atoms with Crippen molar-refractivity contribution in [3.8, 4) is 0 Å². The molecule has 0 spiro atoms. The van der Waals surface area contributed by atoms with Crippen LogP contribution < -0.4 is 10.6 Å². The SMILES string of the molecule is CN1C(=O)C(N)SC(c2ccccc2)c2ccccc21. The van der Waals surface area contributed by atoms with Crippen molar-refractivity contribution in [2.45, 2.75) is 10.6 Å². The Morgan fingerprint density at radius 3 is 2.45 bits per heavy atom. The Morgan fingerprint density at radius 1 is 1.05 bits per heavy atom. The number of hydrogen-bond donors (Lipinski definition) is 1. The number of likely N-dealkylation sites (N-methyl/N-ethyl adjacent to an activating group) is 1. The summed E-state index contributed by atoms with van der Waals surface area (Å²) in [6.45, 7) is 0. The number of amides is 1. The van der Waals surface area contributed by atoms with E-state index in [0.717, 1.165) is 11.3 Å². The molecule has 2 N–H and O–H groups in total. The van der Waals surface area contributed by atoms with Gasteiger partial charge in [0.25, 0.3) is 5.91 Å². The van der Waals surface area contributed by atoms with Gasteiger partial charge in [-0.15, -0.1) is 11.8 Å². The van der Waals surface area contributed by atoms with Gasteiger partial charge in [0.2, 0.25) is 0 Å². The fourth-order valence-electron chi connectivity index (χ4n) is 2.49. The predicted molar refractivity (Wildman–Crippen MR) is 83.7 cm³/mol. The third-order valence-electron chi connectivity index (χ3n) is 3.54. The lowest BCUT2D eigenvalue weighted by molar-refractivity contribution is -0.117. The van der Waals surface area contributed by atoms with Crippen LogP contribution in [0, 0.1) is 0 Å². The molecule has 2 atom stereocenters. The first-order valence-corrected chi connectivity index (χ1v) is 7.45. The molecular formula is C16H16N2OS. The number of anilines is 1. The molecule has 1 amide bonds. The molecule has 3 rings (SSSR count). The molecule has 0 radical (unpaired) electrons. The van der Waals surface area contributed by atoms with Gasteiger partial charge >= 0.3 is 0 Å². The van der Waals surface area contributed by atoms with Crippen molar-refractivity contribution in [1.29, 1.82) is 0 Å². The van der Waals surface area contributed by atoms with Gasteiger partial charge in [0.1, 0.15) is 5.37 Å². The van der Waals surface area contributed by atoms with Crippen LogP contribution in [0.15, 0.2) is 54.6 Å². The van der Waals surface area contributed by atoms with E-state index in [4.69, 9.17) is 5.73 Å². The first-order chi connectivity index (χ1) is 9.68. The van der Waals surface area contributed by atoms with Crippen LogP contribution >= 0.6 is 11.8 Å². The fourth-order valence-corrected chi connectivity index (χ4v) is 3.72. The summed E-state index contributed by atoms with van der Waals surface area (Å²) in [5, 5.41) is -0.464. The van der Waals surface area contributed by atoms with Gasteiger partial charge in [-0.05, 0) is 17.2 Å². The summed E-state index contributed by atoms with van der Waals surface area (Å²) in [4.78, 5) is 13.9. The lowest BCUT2D eigenvalue weighted by atomic mass is 10.0. The molecule has 0 saturated carbocycles. The first kappa shape index (κ1) is 13.2. The lowest BCUT2D eigenvalue weighted by Crippen LogP contribution is -2.38. The Morgan fingerprint density at radius 2 is 1.70 bits per heavy atom. The summed E-state index contributed by atoms with van der Waals surface area (Å²) < 4.78 is 0. The smallest absolute Gasteiger partial charge is 0.254 e. The number of benzene rings is 2. The van der Waals surface area contributed by atoms with Gasteiger partial charge in [0.05, 0.1) is 5.25 Å². The minimum Gasteiger partial charge on any atom is -0.313 e. The van der Waals surface area contributed by atoms with Gasteiger partial charge in [-0.1, -0.05) is 48.5 Å². The van der Waals surface area contributed by atoms with Crippen LogP contribution in [-0.4, -0.2) is 18.3 Å². The molecule has 1 aliphatic rings. The Hall–Kier alpha value is -1.78. The minimum atomic E-state index is -0.544. The van der Waals surface area contributed by atoms with E-state index in [1.54, 1.807) is 11.9 Å². The van der Waals surface area contributed by atoms with Gasteiger partial charge < -0.3 is 10.6 Å². The van der Waals surface area contributed by atoms with Crippen LogP contribution in [0.5, 0.6) is 0 Å². The summed E-state index contributed by atoms with van der Waals surface area (Å²) in [7, 11) is 1.79. The van der Waals surface area contributed by atoms with Crippen molar-refractivity contribution in [2.24, 2.45) is 5.73 Å². The maximum atomic E-state index is 12.3. The van der Waals surface area contributed by atoms with E-state index in [0.29, 0.717) is 0 Å². The quantitative estimate of drug-likeness (QED) is 0.876. The molecule has 1 heterocycles. The number of thioether (sulfide) groups is 1. The van der Waals surface area contributed by atoms with Crippen molar-refractivity contribution in [1.82, 2.24) is 0 Å². The average Bonchev–Trinajstić information content (AvgIpc) is 2.60. The number of fused-ring (bicyclic) bond motifs is 1. The van der Waals surface area contributed by atoms with E-state index >= 15 is 0 Å². The van der Waals surface area contributed by atoms with Gasteiger partial charge in [0, 0.05) is 12.7 Å². The van der Waals surface area contributed by atoms with E-state index in [1.807, 2.05) is 36.4 Å². The van der Waals surface area contributed by atoms with E-state index in [1.165, 1.54) is 17.3 Å². The molecule has 2 aromatic carbocycles. The summed E-state index contributed by atoms with van der Waals surface area (Å²) in [5.74, 6) is -0.0547. The van der Waals surface area contributed by atoms with Crippen molar-refractivity contribution < 1.29 is 4.79 Å². The molecular weight excluding hydrogens is 268 g/mol. The molecule has 2 unspecified atom stereocenters. The summed E-state index contributed by atoms with van der Waals surface area (Å²) in [6.07, 6.45) is 0. The molecule has 0 aromatic heterocycles. The number of rotatable bonds is 1. The molecule has 2 aromatic rings. The molecule has 4 heteroatoms. The van der Waals surface area contributed by atoms with Crippen LogP contribution in [0.3, 0.4) is 0 Å². The van der Waals surface area contributed by atoms with Gasteiger partial charge in [-0.3, -0.25) is 4.79 Å². The summed E-state index contributed by atoms with van der Waals surface area (Å²) >= 11 is 1.50. The largest absolute Gasteiger partial charge is 0.313 e. The minimum absolute atomic E-state index is 0.0547. The highest BCUT2D eigenvalue weighted by Crippen LogP contribution is 2.44. The molecule has 0 fully saturated rings. The number of carbonyl (C=O) groups is 1. The number of carbonyl (C=O) groups excluding carboxylic acids is 1. The predicted octanol–water partition coefficient (Wildman–Crippen LogP) is 2.77. The zero-order valence-electron chi connectivity index (χ0n) is 11.2. The Labute approximate surface area is 122 Å². The monoisotopic (exact) mass is 284 g/mol. The molecule has 20 heavy (non-hydrogen) atoms. The van der Waals surface area contributed by atoms with Gasteiger partial charge in [-0.2, -0.15) is 0 Å². The van der Waals surface area contributed by atoms with E-state index in [9.17, 15) is 4.79 Å². The molecule has 1 aliphatic heterocycles. The summed E-state index contributed by atoms with van der Waals surface area (Å²) in [6, 6.07) is 18.2. The zero-order chi connectivity index (χ0) is 14.1. The fraction of sp³-hybridized carbons (Fsp3) is 0.188. The maximum absolute atomic E-state index is 12.3. The van der Waals surface area contributed by atoms with Crippen LogP contribution in [-0.2, 0) is 4.79 Å². The first-order valence-electron chi connectivity index (χ1n) is 6.51. The third kappa shape index (κ3) is 2.21. The number of nitrogens with zero attached hydrogens (tertiary/aromatic N) is 1. The normalized spacial score (nSPS) is 22.3. The Kier molecular flexibility index (Phi) is 3.51. The van der Waals surface area contributed by atoms with Crippen molar-refractivity contribution in [3.05, 3.63) is 65.7 Å². The van der Waals surface area contributed by atoms with Gasteiger partial charge in [-0.25, -0.2) is 0 Å². The van der Waals surface area contributed by atoms with Crippen molar-refractivity contribution in [3.63, 3.8) is 0 Å². The number of para-hydroxylation sites is 1. The average molecular weight is 284 g/mol. The van der Waals surface area contributed by atoms with Crippen molar-refractivity contribution >= 4 is 23.4 Å². The van der Waals surface area contributed by atoms with Crippen molar-refractivity contribution in [2.75, 3.05) is 11.9 Å². The maximum Gasteiger partial charge on any atom is 0.254 e. The standard InChI is InChI=1S/C16H16N2OS/c1-18-13-10-6-5-9-12(13)14(20-15(17)16(18)19)11-7-3-2-4-8-11/h2-10,14-15H,17H2,1H3. The Balaban J connectivity index is 2.15. The zero-order valence-corrected chi connectivity index (χ0v) is 12.0. The van der Waals surface area contributed by atoms with Crippen LogP contribution in [0.25, 0.3) is 0 Å². The highest BCUT2D eigenvalue weighted by Gasteiger charge is 2.32. The highest BCUT2D eigenvalue weighted by atomic mass is 32.2. The van der Waals surface area contributed by atoms with Crippen LogP contribution in [0.4, 0.5) is 5.69 Å². The third-order valence-corrected chi connectivity index (χ3v) is 4.83. The summed E-state index contributed by atoms with van der Waals surface area (Å²) in [5.41, 5.74) is 9.29. The Bertz CT molecular complexity index is 629. The molecule has 102 valence electrons. The second-order valence-corrected chi connectivity index (χ2v) is 6.05. The highest BCUT2D eigenvalue weighted by molar-refractivity contribution is 8.01. The number of hydrogen-bond acceptors (Lipinski definition) is 3. The second-order valence-electron chi connectivity index (χ2n) is 4.80. The topological polar surface area (TPSA) is 46.3 Å². The lowest BCUT2D eigenvalue weighted by Gasteiger charge is -2.19. The van der Waals surface area contributed by atoms with Gasteiger partial charge in [0.15, 0.2) is 0 Å². The number of nitrogens with two attached hydrogens (primary N) is 1. The van der Waals surface area contributed by atoms with E-state index in [2.05, 4.69) is 18.2 Å². The molecule has 0 saturated heterocycles. The second kappa shape index (κ2) is 5.31. The van der Waals surface area contributed by atoms with Crippen LogP contribution in [0.1, 0.15) is 16.4 Å². The van der Waals surface area contributed by atoms with Crippen LogP contribution in [0.2, 0.25) is 0 Å². The van der Waals surface area contributed by atoms with E-state index in [-0.39, 0.29) is 11.2 Å². The molecule has 0 aliphatic carbocycles.